The normalized spacial score (nSPS) is 34.5. The van der Waals surface area contributed by atoms with Crippen molar-refractivity contribution in [2.75, 3.05) is 0 Å². The maximum Gasteiger partial charge on any atom is 0.125 e. The van der Waals surface area contributed by atoms with Crippen LogP contribution in [0.4, 0.5) is 0 Å². The third-order valence-electron chi connectivity index (χ3n) is 4.63. The van der Waals surface area contributed by atoms with E-state index in [2.05, 4.69) is 9.55 Å². The summed E-state index contributed by atoms with van der Waals surface area (Å²) in [5.41, 5.74) is 6.27. The van der Waals surface area contributed by atoms with E-state index in [0.717, 1.165) is 30.0 Å². The molecule has 1 heterocycles. The maximum absolute atomic E-state index is 6.27. The predicted octanol–water partition coefficient (Wildman–Crippen LogP) is 2.25. The molecule has 2 aliphatic rings. The van der Waals surface area contributed by atoms with E-state index in [1.165, 1.54) is 25.7 Å². The molecular weight excluding hydrogens is 198 g/mol. The predicted molar refractivity (Wildman–Crippen MR) is 63.7 cm³/mol. The van der Waals surface area contributed by atoms with Crippen LogP contribution in [0.1, 0.15) is 44.0 Å². The van der Waals surface area contributed by atoms with Gasteiger partial charge in [0.15, 0.2) is 0 Å². The molecule has 3 nitrogen and oxygen atoms in total. The topological polar surface area (TPSA) is 43.8 Å². The first kappa shape index (κ1) is 10.3. The van der Waals surface area contributed by atoms with Gasteiger partial charge in [-0.05, 0) is 43.4 Å². The summed E-state index contributed by atoms with van der Waals surface area (Å²) in [6, 6.07) is 0.129. The smallest absolute Gasteiger partial charge is 0.125 e. The highest BCUT2D eigenvalue weighted by Gasteiger charge is 2.40. The molecule has 16 heavy (non-hydrogen) atoms. The fraction of sp³-hybridized carbons (Fsp3) is 0.769. The number of nitrogens with zero attached hydrogens (tertiary/aromatic N) is 2. The molecule has 2 N–H and O–H groups in total. The first-order valence-corrected chi connectivity index (χ1v) is 6.47. The van der Waals surface area contributed by atoms with Gasteiger partial charge >= 0.3 is 0 Å². The summed E-state index contributed by atoms with van der Waals surface area (Å²) in [5.74, 6) is 3.90. The van der Waals surface area contributed by atoms with Crippen molar-refractivity contribution in [1.29, 1.82) is 0 Å². The van der Waals surface area contributed by atoms with Crippen LogP contribution in [0.15, 0.2) is 12.4 Å². The molecule has 0 saturated heterocycles. The third kappa shape index (κ3) is 1.67. The van der Waals surface area contributed by atoms with Gasteiger partial charge in [0.1, 0.15) is 5.82 Å². The second-order valence-corrected chi connectivity index (χ2v) is 5.67. The molecule has 0 aliphatic heterocycles. The Morgan fingerprint density at radius 3 is 2.94 bits per heavy atom. The maximum atomic E-state index is 6.27. The molecule has 0 aromatic carbocycles. The summed E-state index contributed by atoms with van der Waals surface area (Å²) in [5, 5.41) is 0. The van der Waals surface area contributed by atoms with E-state index >= 15 is 0 Å². The van der Waals surface area contributed by atoms with E-state index in [4.69, 9.17) is 5.73 Å². The SMILES string of the molecule is Cn1ccnc1C(N)CC1CC2CCC1C2. The zero-order valence-electron chi connectivity index (χ0n) is 9.97. The van der Waals surface area contributed by atoms with Crippen molar-refractivity contribution in [2.45, 2.75) is 38.1 Å². The number of imidazole rings is 1. The fourth-order valence-electron chi connectivity index (χ4n) is 3.83. The van der Waals surface area contributed by atoms with Gasteiger partial charge in [0.2, 0.25) is 0 Å². The lowest BCUT2D eigenvalue weighted by Crippen LogP contribution is -2.21. The van der Waals surface area contributed by atoms with Crippen molar-refractivity contribution in [3.8, 4) is 0 Å². The molecule has 4 atom stereocenters. The van der Waals surface area contributed by atoms with E-state index in [0.29, 0.717) is 0 Å². The third-order valence-corrected chi connectivity index (χ3v) is 4.63. The van der Waals surface area contributed by atoms with E-state index in [9.17, 15) is 0 Å². The van der Waals surface area contributed by atoms with E-state index in [1.807, 2.05) is 19.4 Å². The minimum atomic E-state index is 0.129. The Morgan fingerprint density at radius 2 is 2.38 bits per heavy atom. The standard InChI is InChI=1S/C13H21N3/c1-16-5-4-15-13(16)12(14)8-11-7-9-2-3-10(11)6-9/h4-5,9-12H,2-3,6-8,14H2,1H3. The molecule has 2 aliphatic carbocycles. The lowest BCUT2D eigenvalue weighted by atomic mass is 9.84. The van der Waals surface area contributed by atoms with Gasteiger partial charge in [-0.1, -0.05) is 6.42 Å². The fourth-order valence-corrected chi connectivity index (χ4v) is 3.83. The van der Waals surface area contributed by atoms with Gasteiger partial charge < -0.3 is 10.3 Å². The van der Waals surface area contributed by atoms with Gasteiger partial charge in [-0.15, -0.1) is 0 Å². The Bertz CT molecular complexity index is 371. The lowest BCUT2D eigenvalue weighted by molar-refractivity contribution is 0.291. The van der Waals surface area contributed by atoms with Gasteiger partial charge in [-0.25, -0.2) is 4.98 Å². The molecule has 3 rings (SSSR count). The van der Waals surface area contributed by atoms with Crippen molar-refractivity contribution in [3.63, 3.8) is 0 Å². The van der Waals surface area contributed by atoms with Crippen LogP contribution in [0.3, 0.4) is 0 Å². The zero-order chi connectivity index (χ0) is 11.1. The summed E-state index contributed by atoms with van der Waals surface area (Å²) in [7, 11) is 2.03. The van der Waals surface area contributed by atoms with Gasteiger partial charge in [0.05, 0.1) is 6.04 Å². The number of hydrogen-bond acceptors (Lipinski definition) is 2. The number of hydrogen-bond donors (Lipinski definition) is 1. The Balaban J connectivity index is 1.65. The molecule has 88 valence electrons. The number of rotatable bonds is 3. The van der Waals surface area contributed by atoms with Gasteiger partial charge in [0.25, 0.3) is 0 Å². The minimum absolute atomic E-state index is 0.129. The van der Waals surface area contributed by atoms with Crippen molar-refractivity contribution in [3.05, 3.63) is 18.2 Å². The Morgan fingerprint density at radius 1 is 1.50 bits per heavy atom. The molecule has 0 amide bonds. The highest BCUT2D eigenvalue weighted by molar-refractivity contribution is 5.00. The van der Waals surface area contributed by atoms with Crippen molar-refractivity contribution >= 4 is 0 Å². The first-order chi connectivity index (χ1) is 7.74. The molecule has 4 unspecified atom stereocenters. The summed E-state index contributed by atoms with van der Waals surface area (Å²) < 4.78 is 2.05. The molecule has 3 heteroatoms. The Labute approximate surface area is 97.0 Å². The first-order valence-electron chi connectivity index (χ1n) is 6.47. The van der Waals surface area contributed by atoms with Gasteiger partial charge in [-0.3, -0.25) is 0 Å². The van der Waals surface area contributed by atoms with Crippen LogP contribution in [0.2, 0.25) is 0 Å². The molecular formula is C13H21N3. The Hall–Kier alpha value is -0.830. The second-order valence-electron chi connectivity index (χ2n) is 5.67. The summed E-state index contributed by atoms with van der Waals surface area (Å²) in [4.78, 5) is 4.36. The number of aryl methyl sites for hydroxylation is 1. The average Bonchev–Trinajstić information content (AvgIpc) is 2.92. The van der Waals surface area contributed by atoms with Crippen LogP contribution in [0.25, 0.3) is 0 Å². The van der Waals surface area contributed by atoms with E-state index < -0.39 is 0 Å². The van der Waals surface area contributed by atoms with Crippen LogP contribution >= 0.6 is 0 Å². The van der Waals surface area contributed by atoms with Crippen LogP contribution in [0, 0.1) is 17.8 Å². The minimum Gasteiger partial charge on any atom is -0.337 e. The van der Waals surface area contributed by atoms with Crippen molar-refractivity contribution in [1.82, 2.24) is 9.55 Å². The molecule has 0 spiro atoms. The van der Waals surface area contributed by atoms with Crippen LogP contribution in [-0.4, -0.2) is 9.55 Å². The zero-order valence-corrected chi connectivity index (χ0v) is 9.97. The van der Waals surface area contributed by atoms with E-state index in [-0.39, 0.29) is 6.04 Å². The van der Waals surface area contributed by atoms with Crippen molar-refractivity contribution in [2.24, 2.45) is 30.5 Å². The van der Waals surface area contributed by atoms with Gasteiger partial charge in [0, 0.05) is 19.4 Å². The molecule has 1 aromatic rings. The molecule has 1 aromatic heterocycles. The molecule has 2 fully saturated rings. The summed E-state index contributed by atoms with van der Waals surface area (Å²) >= 11 is 0. The van der Waals surface area contributed by atoms with Crippen LogP contribution < -0.4 is 5.73 Å². The number of aromatic nitrogens is 2. The number of fused-ring (bicyclic) bond motifs is 2. The van der Waals surface area contributed by atoms with Gasteiger partial charge in [-0.2, -0.15) is 0 Å². The second kappa shape index (κ2) is 3.88. The summed E-state index contributed by atoms with van der Waals surface area (Å²) in [6.07, 6.45) is 10.8. The average molecular weight is 219 g/mol. The van der Waals surface area contributed by atoms with Crippen molar-refractivity contribution < 1.29 is 0 Å². The Kier molecular flexibility index (Phi) is 2.51. The largest absolute Gasteiger partial charge is 0.337 e. The molecule has 2 bridgehead atoms. The van der Waals surface area contributed by atoms with E-state index in [1.54, 1.807) is 0 Å². The monoisotopic (exact) mass is 219 g/mol. The van der Waals surface area contributed by atoms with Crippen LogP contribution in [0.5, 0.6) is 0 Å². The number of nitrogens with two attached hydrogens (primary N) is 1. The highest BCUT2D eigenvalue weighted by Crippen LogP contribution is 2.50. The summed E-state index contributed by atoms with van der Waals surface area (Å²) in [6.45, 7) is 0. The lowest BCUT2D eigenvalue weighted by Gasteiger charge is -2.24. The molecule has 0 radical (unpaired) electrons. The quantitative estimate of drug-likeness (QED) is 0.847. The highest BCUT2D eigenvalue weighted by atomic mass is 15.1. The van der Waals surface area contributed by atoms with Crippen LogP contribution in [-0.2, 0) is 7.05 Å². The molecule has 2 saturated carbocycles.